The molecule has 0 bridgehead atoms. The second-order valence-corrected chi connectivity index (χ2v) is 7.52. The Morgan fingerprint density at radius 3 is 2.57 bits per heavy atom. The summed E-state index contributed by atoms with van der Waals surface area (Å²) in [7, 11) is 0. The van der Waals surface area contributed by atoms with Gasteiger partial charge in [0.2, 0.25) is 12.7 Å². The summed E-state index contributed by atoms with van der Waals surface area (Å²) >= 11 is 0. The van der Waals surface area contributed by atoms with Crippen LogP contribution >= 0.6 is 0 Å². The van der Waals surface area contributed by atoms with E-state index in [9.17, 15) is 4.79 Å². The van der Waals surface area contributed by atoms with Crippen molar-refractivity contribution in [3.8, 4) is 17.2 Å². The lowest BCUT2D eigenvalue weighted by Crippen LogP contribution is -2.25. The minimum absolute atomic E-state index is 0.0132. The molecule has 6 nitrogen and oxygen atoms in total. The van der Waals surface area contributed by atoms with Gasteiger partial charge in [0.25, 0.3) is 0 Å². The SMILES string of the molecule is Cc1cc(C)cc(-n2nc(C)c3c2NC(=O)C[C@H]3c2ccc3c(c2)OCO3)c1. The van der Waals surface area contributed by atoms with Gasteiger partial charge in [0.1, 0.15) is 5.82 Å². The van der Waals surface area contributed by atoms with E-state index < -0.39 is 0 Å². The maximum atomic E-state index is 12.6. The van der Waals surface area contributed by atoms with Gasteiger partial charge >= 0.3 is 0 Å². The molecule has 2 aliphatic heterocycles. The molecule has 1 amide bonds. The molecule has 0 unspecified atom stereocenters. The lowest BCUT2D eigenvalue weighted by Gasteiger charge is -2.24. The molecule has 0 aliphatic carbocycles. The fourth-order valence-corrected chi connectivity index (χ4v) is 4.22. The van der Waals surface area contributed by atoms with E-state index in [4.69, 9.17) is 14.6 Å². The first kappa shape index (κ1) is 16.9. The number of anilines is 1. The summed E-state index contributed by atoms with van der Waals surface area (Å²) < 4.78 is 12.8. The largest absolute Gasteiger partial charge is 0.454 e. The predicted molar refractivity (Wildman–Crippen MR) is 105 cm³/mol. The third-order valence-electron chi connectivity index (χ3n) is 5.35. The third-order valence-corrected chi connectivity index (χ3v) is 5.35. The van der Waals surface area contributed by atoms with Gasteiger partial charge in [-0.3, -0.25) is 4.79 Å². The maximum Gasteiger partial charge on any atom is 0.231 e. The fourth-order valence-electron chi connectivity index (χ4n) is 4.22. The second kappa shape index (κ2) is 6.12. The van der Waals surface area contributed by atoms with E-state index in [1.54, 1.807) is 0 Å². The van der Waals surface area contributed by atoms with E-state index in [1.807, 2.05) is 29.8 Å². The van der Waals surface area contributed by atoms with E-state index in [2.05, 4.69) is 37.4 Å². The number of aromatic nitrogens is 2. The number of aryl methyl sites for hydroxylation is 3. The number of carbonyl (C=O) groups is 1. The van der Waals surface area contributed by atoms with Crippen LogP contribution < -0.4 is 14.8 Å². The number of hydrogen-bond acceptors (Lipinski definition) is 4. The molecule has 5 rings (SSSR count). The zero-order valence-corrected chi connectivity index (χ0v) is 16.1. The van der Waals surface area contributed by atoms with Gasteiger partial charge in [-0.2, -0.15) is 5.10 Å². The summed E-state index contributed by atoms with van der Waals surface area (Å²) in [6.45, 7) is 6.36. The van der Waals surface area contributed by atoms with E-state index in [-0.39, 0.29) is 18.6 Å². The van der Waals surface area contributed by atoms with Crippen LogP contribution in [0.25, 0.3) is 5.69 Å². The van der Waals surface area contributed by atoms with Crippen molar-refractivity contribution in [3.63, 3.8) is 0 Å². The van der Waals surface area contributed by atoms with Gasteiger partial charge < -0.3 is 14.8 Å². The molecule has 3 heterocycles. The molecule has 1 atom stereocenters. The molecular formula is C22H21N3O3. The monoisotopic (exact) mass is 375 g/mol. The van der Waals surface area contributed by atoms with Gasteiger partial charge in [-0.25, -0.2) is 4.68 Å². The Bertz CT molecular complexity index is 1100. The first-order chi connectivity index (χ1) is 13.5. The van der Waals surface area contributed by atoms with Crippen molar-refractivity contribution in [2.75, 3.05) is 12.1 Å². The second-order valence-electron chi connectivity index (χ2n) is 7.52. The highest BCUT2D eigenvalue weighted by atomic mass is 16.7. The number of amides is 1. The van der Waals surface area contributed by atoms with Crippen molar-refractivity contribution in [1.82, 2.24) is 9.78 Å². The van der Waals surface area contributed by atoms with E-state index >= 15 is 0 Å². The Labute approximate surface area is 163 Å². The molecule has 3 aromatic rings. The molecule has 0 saturated heterocycles. The van der Waals surface area contributed by atoms with Gasteiger partial charge in [-0.1, -0.05) is 12.1 Å². The Hall–Kier alpha value is -3.28. The summed E-state index contributed by atoms with van der Waals surface area (Å²) in [6, 6.07) is 12.2. The zero-order valence-electron chi connectivity index (χ0n) is 16.1. The van der Waals surface area contributed by atoms with Crippen LogP contribution in [0.5, 0.6) is 11.5 Å². The molecular weight excluding hydrogens is 354 g/mol. The Kier molecular flexibility index (Phi) is 3.69. The summed E-state index contributed by atoms with van der Waals surface area (Å²) in [5, 5.41) is 7.82. The van der Waals surface area contributed by atoms with Gasteiger partial charge in [-0.05, 0) is 61.7 Å². The third kappa shape index (κ3) is 2.64. The van der Waals surface area contributed by atoms with Crippen molar-refractivity contribution >= 4 is 11.7 Å². The number of carbonyl (C=O) groups excluding carboxylic acids is 1. The van der Waals surface area contributed by atoms with Crippen molar-refractivity contribution in [2.24, 2.45) is 0 Å². The minimum atomic E-state index is -0.0714. The summed E-state index contributed by atoms with van der Waals surface area (Å²) in [5.74, 6) is 2.14. The van der Waals surface area contributed by atoms with Gasteiger partial charge in [0, 0.05) is 17.9 Å². The van der Waals surface area contributed by atoms with Crippen LogP contribution in [0, 0.1) is 20.8 Å². The summed E-state index contributed by atoms with van der Waals surface area (Å²) in [5.41, 5.74) is 6.27. The molecule has 1 aromatic heterocycles. The first-order valence-electron chi connectivity index (χ1n) is 9.37. The Morgan fingerprint density at radius 1 is 1.04 bits per heavy atom. The highest BCUT2D eigenvalue weighted by Gasteiger charge is 2.33. The number of nitrogens with one attached hydrogen (secondary N) is 1. The van der Waals surface area contributed by atoms with Crippen LogP contribution in [0.2, 0.25) is 0 Å². The standard InChI is InChI=1S/C22H21N3O3/c1-12-6-13(2)8-16(7-12)25-22-21(14(3)24-25)17(10-20(26)23-22)15-4-5-18-19(9-15)28-11-27-18/h4-9,17H,10-11H2,1-3H3,(H,23,26)/t17-/m0/s1. The number of rotatable bonds is 2. The Balaban J connectivity index is 1.65. The normalized spacial score (nSPS) is 17.4. The molecule has 6 heteroatoms. The van der Waals surface area contributed by atoms with Gasteiger partial charge in [-0.15, -0.1) is 0 Å². The number of fused-ring (bicyclic) bond motifs is 2. The number of benzene rings is 2. The first-order valence-corrected chi connectivity index (χ1v) is 9.37. The highest BCUT2D eigenvalue weighted by molar-refractivity contribution is 5.95. The summed E-state index contributed by atoms with van der Waals surface area (Å²) in [6.07, 6.45) is 0.381. The molecule has 0 saturated carbocycles. The molecule has 0 fully saturated rings. The lowest BCUT2D eigenvalue weighted by atomic mass is 9.85. The van der Waals surface area contributed by atoms with Crippen molar-refractivity contribution in [2.45, 2.75) is 33.1 Å². The van der Waals surface area contributed by atoms with Crippen LogP contribution in [0.4, 0.5) is 5.82 Å². The quantitative estimate of drug-likeness (QED) is 0.735. The molecule has 28 heavy (non-hydrogen) atoms. The molecule has 0 radical (unpaired) electrons. The average molecular weight is 375 g/mol. The van der Waals surface area contributed by atoms with Crippen molar-refractivity contribution < 1.29 is 14.3 Å². The molecule has 2 aliphatic rings. The number of hydrogen-bond donors (Lipinski definition) is 1. The average Bonchev–Trinajstić information content (AvgIpc) is 3.24. The van der Waals surface area contributed by atoms with E-state index in [1.165, 1.54) is 0 Å². The van der Waals surface area contributed by atoms with Crippen LogP contribution in [-0.2, 0) is 4.79 Å². The van der Waals surface area contributed by atoms with E-state index in [0.717, 1.165) is 51.0 Å². The zero-order chi connectivity index (χ0) is 19.4. The Morgan fingerprint density at radius 2 is 1.79 bits per heavy atom. The van der Waals surface area contributed by atoms with Crippen LogP contribution in [-0.4, -0.2) is 22.5 Å². The van der Waals surface area contributed by atoms with E-state index in [0.29, 0.717) is 6.42 Å². The number of nitrogens with zero attached hydrogens (tertiary/aromatic N) is 2. The topological polar surface area (TPSA) is 65.4 Å². The van der Waals surface area contributed by atoms with Crippen molar-refractivity contribution in [3.05, 3.63) is 64.3 Å². The van der Waals surface area contributed by atoms with Crippen LogP contribution in [0.3, 0.4) is 0 Å². The lowest BCUT2D eigenvalue weighted by molar-refractivity contribution is -0.116. The highest BCUT2D eigenvalue weighted by Crippen LogP contribution is 2.43. The van der Waals surface area contributed by atoms with Crippen LogP contribution in [0.15, 0.2) is 36.4 Å². The van der Waals surface area contributed by atoms with Crippen LogP contribution in [0.1, 0.15) is 40.3 Å². The molecule has 1 N–H and O–H groups in total. The fraction of sp³-hybridized carbons (Fsp3) is 0.273. The van der Waals surface area contributed by atoms with Crippen molar-refractivity contribution in [1.29, 1.82) is 0 Å². The predicted octanol–water partition coefficient (Wildman–Crippen LogP) is 4.00. The molecule has 142 valence electrons. The maximum absolute atomic E-state index is 12.6. The minimum Gasteiger partial charge on any atom is -0.454 e. The van der Waals surface area contributed by atoms with Gasteiger partial charge in [0.05, 0.1) is 11.4 Å². The number of ether oxygens (including phenoxy) is 2. The molecule has 2 aromatic carbocycles. The van der Waals surface area contributed by atoms with Gasteiger partial charge in [0.15, 0.2) is 11.5 Å². The summed E-state index contributed by atoms with van der Waals surface area (Å²) in [4.78, 5) is 12.6. The smallest absolute Gasteiger partial charge is 0.231 e. The molecule has 0 spiro atoms.